The van der Waals surface area contributed by atoms with Crippen LogP contribution in [0.25, 0.3) is 0 Å². The van der Waals surface area contributed by atoms with Crippen LogP contribution in [-0.2, 0) is 0 Å². The van der Waals surface area contributed by atoms with Gasteiger partial charge in [0.2, 0.25) is 0 Å². The Balaban J connectivity index is 1.78. The minimum atomic E-state index is 0.579. The first-order valence-corrected chi connectivity index (χ1v) is 10.9. The third-order valence-corrected chi connectivity index (χ3v) is 6.31. The van der Waals surface area contributed by atoms with Gasteiger partial charge in [0, 0.05) is 0 Å². The van der Waals surface area contributed by atoms with Crippen molar-refractivity contribution in [2.75, 3.05) is 0 Å². The fraction of sp³-hybridized carbons (Fsp3) is 0.640. The van der Waals surface area contributed by atoms with Crippen molar-refractivity contribution in [3.8, 4) is 6.07 Å². The molecule has 0 spiro atoms. The molecule has 0 amide bonds. The lowest BCUT2D eigenvalue weighted by Crippen LogP contribution is -2.20. The van der Waals surface area contributed by atoms with Crippen LogP contribution in [-0.4, -0.2) is 0 Å². The van der Waals surface area contributed by atoms with Gasteiger partial charge in [-0.2, -0.15) is 5.26 Å². The molecule has 1 aliphatic carbocycles. The van der Waals surface area contributed by atoms with E-state index in [9.17, 15) is 0 Å². The van der Waals surface area contributed by atoms with Gasteiger partial charge in [-0.1, -0.05) is 82.9 Å². The Morgan fingerprint density at radius 2 is 1.69 bits per heavy atom. The summed E-state index contributed by atoms with van der Waals surface area (Å²) in [6, 6.07) is 10.5. The first kappa shape index (κ1) is 20.8. The highest BCUT2D eigenvalue weighted by Crippen LogP contribution is 2.41. The molecule has 1 aromatic carbocycles. The SMILES string of the molecule is C=CCC(c1ccc(C#N)cc1)[C@H]1CC[C@H](CCCCCCCC)CC1. The molecule has 142 valence electrons. The number of hydrogen-bond donors (Lipinski definition) is 0. The standard InChI is InChI=1S/C25H37N/c1-3-5-6-7-8-9-11-21-12-16-23(17-13-21)25(10-4-2)24-18-14-22(20-26)15-19-24/h4,14-15,18-19,21,23,25H,2-3,5-13,16-17H2,1H3/t21-,23-,25?. The number of hydrogen-bond acceptors (Lipinski definition) is 1. The molecule has 0 radical (unpaired) electrons. The van der Waals surface area contributed by atoms with Crippen molar-refractivity contribution in [3.05, 3.63) is 48.0 Å². The van der Waals surface area contributed by atoms with E-state index in [-0.39, 0.29) is 0 Å². The number of allylic oxidation sites excluding steroid dienone is 1. The molecule has 26 heavy (non-hydrogen) atoms. The molecule has 1 aliphatic rings. The lowest BCUT2D eigenvalue weighted by atomic mass is 9.71. The minimum absolute atomic E-state index is 0.579. The molecule has 0 bridgehead atoms. The summed E-state index contributed by atoms with van der Waals surface area (Å²) in [5.74, 6) is 2.32. The summed E-state index contributed by atoms with van der Waals surface area (Å²) in [7, 11) is 0. The van der Waals surface area contributed by atoms with Crippen molar-refractivity contribution < 1.29 is 0 Å². The molecule has 1 atom stereocenters. The van der Waals surface area contributed by atoms with E-state index in [1.807, 2.05) is 12.1 Å². The van der Waals surface area contributed by atoms with Crippen LogP contribution in [0.5, 0.6) is 0 Å². The van der Waals surface area contributed by atoms with Crippen molar-refractivity contribution in [2.24, 2.45) is 11.8 Å². The Morgan fingerprint density at radius 3 is 2.31 bits per heavy atom. The highest BCUT2D eigenvalue weighted by atomic mass is 14.3. The fourth-order valence-corrected chi connectivity index (χ4v) is 4.68. The van der Waals surface area contributed by atoms with Crippen LogP contribution in [0.4, 0.5) is 0 Å². The molecule has 1 nitrogen and oxygen atoms in total. The second-order valence-corrected chi connectivity index (χ2v) is 8.20. The number of nitriles is 1. The molecule has 0 aromatic heterocycles. The van der Waals surface area contributed by atoms with E-state index in [4.69, 9.17) is 5.26 Å². The third kappa shape index (κ3) is 6.64. The number of unbranched alkanes of at least 4 members (excludes halogenated alkanes) is 5. The summed E-state index contributed by atoms with van der Waals surface area (Å²) in [5, 5.41) is 9.01. The Hall–Kier alpha value is -1.55. The van der Waals surface area contributed by atoms with E-state index in [0.717, 1.165) is 23.8 Å². The summed E-state index contributed by atoms with van der Waals surface area (Å²) in [6.45, 7) is 6.28. The average Bonchev–Trinajstić information content (AvgIpc) is 2.69. The van der Waals surface area contributed by atoms with Gasteiger partial charge < -0.3 is 0 Å². The second kappa shape index (κ2) is 11.9. The molecule has 1 saturated carbocycles. The van der Waals surface area contributed by atoms with E-state index < -0.39 is 0 Å². The molecule has 0 aliphatic heterocycles. The van der Waals surface area contributed by atoms with Crippen molar-refractivity contribution in [3.63, 3.8) is 0 Å². The van der Waals surface area contributed by atoms with Crippen LogP contribution < -0.4 is 0 Å². The van der Waals surface area contributed by atoms with Crippen LogP contribution in [0.2, 0.25) is 0 Å². The highest BCUT2D eigenvalue weighted by Gasteiger charge is 2.27. The van der Waals surface area contributed by atoms with Gasteiger partial charge in [0.1, 0.15) is 0 Å². The van der Waals surface area contributed by atoms with E-state index in [0.29, 0.717) is 5.92 Å². The van der Waals surface area contributed by atoms with Gasteiger partial charge in [-0.25, -0.2) is 0 Å². The van der Waals surface area contributed by atoms with E-state index in [1.54, 1.807) is 0 Å². The van der Waals surface area contributed by atoms with Gasteiger partial charge >= 0.3 is 0 Å². The van der Waals surface area contributed by atoms with Gasteiger partial charge in [0.25, 0.3) is 0 Å². The van der Waals surface area contributed by atoms with Crippen LogP contribution in [0, 0.1) is 23.2 Å². The first-order chi connectivity index (χ1) is 12.8. The van der Waals surface area contributed by atoms with Gasteiger partial charge in [0.05, 0.1) is 11.6 Å². The molecular formula is C25H37N. The first-order valence-electron chi connectivity index (χ1n) is 10.9. The summed E-state index contributed by atoms with van der Waals surface area (Å²) in [6.07, 6.45) is 18.6. The molecule has 1 aromatic rings. The van der Waals surface area contributed by atoms with E-state index in [1.165, 1.54) is 76.2 Å². The lowest BCUT2D eigenvalue weighted by molar-refractivity contribution is 0.230. The molecule has 0 heterocycles. The maximum Gasteiger partial charge on any atom is 0.0991 e. The molecule has 1 heteroatoms. The largest absolute Gasteiger partial charge is 0.192 e. The molecule has 0 saturated heterocycles. The maximum atomic E-state index is 9.01. The van der Waals surface area contributed by atoms with Crippen LogP contribution in [0.15, 0.2) is 36.9 Å². The quantitative estimate of drug-likeness (QED) is 0.295. The third-order valence-electron chi connectivity index (χ3n) is 6.31. The minimum Gasteiger partial charge on any atom is -0.192 e. The zero-order chi connectivity index (χ0) is 18.6. The van der Waals surface area contributed by atoms with Crippen molar-refractivity contribution in [1.82, 2.24) is 0 Å². The predicted octanol–water partition coefficient (Wildman–Crippen LogP) is 7.77. The molecule has 1 fully saturated rings. The summed E-state index contributed by atoms with van der Waals surface area (Å²) < 4.78 is 0. The molecule has 0 N–H and O–H groups in total. The lowest BCUT2D eigenvalue weighted by Gasteiger charge is -2.34. The monoisotopic (exact) mass is 351 g/mol. The Labute approximate surface area is 161 Å². The predicted molar refractivity (Wildman–Crippen MR) is 112 cm³/mol. The fourth-order valence-electron chi connectivity index (χ4n) is 4.68. The summed E-state index contributed by atoms with van der Waals surface area (Å²) in [4.78, 5) is 0. The summed E-state index contributed by atoms with van der Waals surface area (Å²) in [5.41, 5.74) is 2.15. The Kier molecular flexibility index (Phi) is 9.54. The number of nitrogens with zero attached hydrogens (tertiary/aromatic N) is 1. The van der Waals surface area contributed by atoms with Crippen LogP contribution in [0.3, 0.4) is 0 Å². The zero-order valence-corrected chi connectivity index (χ0v) is 16.8. The van der Waals surface area contributed by atoms with Crippen molar-refractivity contribution in [1.29, 1.82) is 5.26 Å². The van der Waals surface area contributed by atoms with E-state index >= 15 is 0 Å². The molecular weight excluding hydrogens is 314 g/mol. The Bertz CT molecular complexity index is 543. The smallest absolute Gasteiger partial charge is 0.0991 e. The highest BCUT2D eigenvalue weighted by molar-refractivity contribution is 5.33. The topological polar surface area (TPSA) is 23.8 Å². The maximum absolute atomic E-state index is 9.01. The van der Waals surface area contributed by atoms with Gasteiger partial charge in [0.15, 0.2) is 0 Å². The second-order valence-electron chi connectivity index (χ2n) is 8.20. The van der Waals surface area contributed by atoms with Gasteiger partial charge in [-0.15, -0.1) is 6.58 Å². The Morgan fingerprint density at radius 1 is 1.04 bits per heavy atom. The van der Waals surface area contributed by atoms with Gasteiger partial charge in [-0.05, 0) is 54.7 Å². The number of rotatable bonds is 11. The van der Waals surface area contributed by atoms with Crippen LogP contribution >= 0.6 is 0 Å². The van der Waals surface area contributed by atoms with E-state index in [2.05, 4.69) is 37.8 Å². The van der Waals surface area contributed by atoms with Crippen molar-refractivity contribution >= 4 is 0 Å². The molecule has 1 unspecified atom stereocenters. The van der Waals surface area contributed by atoms with Gasteiger partial charge in [-0.3, -0.25) is 0 Å². The normalized spacial score (nSPS) is 21.1. The number of benzene rings is 1. The van der Waals surface area contributed by atoms with Crippen molar-refractivity contribution in [2.45, 2.75) is 89.9 Å². The zero-order valence-electron chi connectivity index (χ0n) is 16.8. The average molecular weight is 352 g/mol. The molecule has 2 rings (SSSR count). The van der Waals surface area contributed by atoms with Crippen LogP contribution in [0.1, 0.15) is 101 Å². The summed E-state index contributed by atoms with van der Waals surface area (Å²) >= 11 is 0.